The van der Waals surface area contributed by atoms with Gasteiger partial charge in [-0.05, 0) is 108 Å². The molecule has 66 heavy (non-hydrogen) atoms. The molecule has 3 fully saturated rings. The van der Waals surface area contributed by atoms with Gasteiger partial charge >= 0.3 is 24.1 Å². The summed E-state index contributed by atoms with van der Waals surface area (Å²) in [6, 6.07) is 52.9. The van der Waals surface area contributed by atoms with Gasteiger partial charge in [-0.3, -0.25) is 19.4 Å². The SMILES string of the molecule is O=C(OC(=O)N(Cc1ccc(Oc2ccccc2)cc1)[C@H](CC1CC1)c1ccccc1)C1CCC1C(=O)OC(=O)N(Cc1ccc(Oc2ccccc2)cc1)[C@H](CC1CC1)c1ccccc1. The number of nitrogens with zero attached hydrogens (tertiary/aromatic N) is 2. The Hall–Kier alpha value is -7.20. The number of hydrogen-bond acceptors (Lipinski definition) is 8. The number of ether oxygens (including phenoxy) is 4. The summed E-state index contributed by atoms with van der Waals surface area (Å²) in [5.74, 6) is 0.136. The van der Waals surface area contributed by atoms with E-state index in [9.17, 15) is 19.2 Å². The lowest BCUT2D eigenvalue weighted by molar-refractivity contribution is -0.161. The Kier molecular flexibility index (Phi) is 13.8. The summed E-state index contributed by atoms with van der Waals surface area (Å²) in [4.78, 5) is 59.8. The smallest absolute Gasteiger partial charge is 0.418 e. The molecule has 0 aliphatic heterocycles. The van der Waals surface area contributed by atoms with Crippen LogP contribution in [-0.2, 0) is 32.2 Å². The van der Waals surface area contributed by atoms with E-state index >= 15 is 0 Å². The zero-order chi connectivity index (χ0) is 45.2. The molecule has 9 rings (SSSR count). The van der Waals surface area contributed by atoms with Gasteiger partial charge in [0.15, 0.2) is 0 Å². The summed E-state index contributed by atoms with van der Waals surface area (Å²) < 4.78 is 23.4. The van der Waals surface area contributed by atoms with Crippen molar-refractivity contribution in [3.8, 4) is 23.0 Å². The lowest BCUT2D eigenvalue weighted by atomic mass is 9.74. The molecule has 4 atom stereocenters. The van der Waals surface area contributed by atoms with Crippen molar-refractivity contribution in [2.75, 3.05) is 0 Å². The van der Waals surface area contributed by atoms with E-state index in [1.165, 1.54) is 0 Å². The molecule has 0 spiro atoms. The van der Waals surface area contributed by atoms with Crippen LogP contribution < -0.4 is 9.47 Å². The van der Waals surface area contributed by atoms with Gasteiger partial charge < -0.3 is 18.9 Å². The molecule has 3 aliphatic rings. The molecule has 0 radical (unpaired) electrons. The molecule has 6 aromatic rings. The Balaban J connectivity index is 0.896. The molecular weight excluding hydrogens is 829 g/mol. The number of para-hydroxylation sites is 2. The van der Waals surface area contributed by atoms with Crippen molar-refractivity contribution < 1.29 is 38.1 Å². The van der Waals surface area contributed by atoms with Gasteiger partial charge in [-0.2, -0.15) is 0 Å². The van der Waals surface area contributed by atoms with Crippen molar-refractivity contribution in [3.05, 3.63) is 192 Å². The number of carbonyl (C=O) groups is 4. The standard InChI is InChI=1S/C56H54N2O8/c59-53(65-55(61)57(51(35-39-21-22-39)43-13-5-1-6-14-43)37-41-25-29-47(30-26-41)63-45-17-9-3-10-18-45)49-33-34-50(49)54(60)66-56(62)58(52(36-40-23-24-40)44-15-7-2-8-16-44)38-42-27-31-48(32-28-42)64-46-19-11-4-12-20-46/h1-20,25-32,39-40,49-52H,21-24,33-38H2/t49?,50?,51-,52-/m1/s1. The first-order valence-electron chi connectivity index (χ1n) is 23.1. The molecule has 3 aliphatic carbocycles. The van der Waals surface area contributed by atoms with Crippen molar-refractivity contribution in [2.24, 2.45) is 23.7 Å². The molecule has 2 amide bonds. The van der Waals surface area contributed by atoms with Gasteiger partial charge in [-0.25, -0.2) is 9.59 Å². The minimum absolute atomic E-state index is 0.177. The molecule has 6 aromatic carbocycles. The Bertz CT molecular complexity index is 2370. The van der Waals surface area contributed by atoms with Crippen molar-refractivity contribution >= 4 is 24.1 Å². The van der Waals surface area contributed by atoms with Crippen LogP contribution in [0.2, 0.25) is 0 Å². The molecule has 0 aromatic heterocycles. The van der Waals surface area contributed by atoms with E-state index in [0.717, 1.165) is 60.8 Å². The lowest BCUT2D eigenvalue weighted by Crippen LogP contribution is -2.45. The fraction of sp³-hybridized carbons (Fsp3) is 0.286. The highest BCUT2D eigenvalue weighted by Gasteiger charge is 2.46. The molecular formula is C56H54N2O8. The molecule has 0 bridgehead atoms. The van der Waals surface area contributed by atoms with Crippen LogP contribution in [0.15, 0.2) is 170 Å². The molecule has 3 saturated carbocycles. The average molecular weight is 883 g/mol. The van der Waals surface area contributed by atoms with Gasteiger partial charge in [0.2, 0.25) is 0 Å². The Morgan fingerprint density at radius 3 is 1.05 bits per heavy atom. The Morgan fingerprint density at radius 1 is 0.409 bits per heavy atom. The predicted molar refractivity (Wildman–Crippen MR) is 249 cm³/mol. The van der Waals surface area contributed by atoms with Gasteiger partial charge in [0, 0.05) is 13.1 Å². The Labute approximate surface area is 386 Å². The number of esters is 2. The highest BCUT2D eigenvalue weighted by Crippen LogP contribution is 2.43. The fourth-order valence-corrected chi connectivity index (χ4v) is 8.65. The first-order valence-corrected chi connectivity index (χ1v) is 23.1. The maximum absolute atomic E-state index is 14.3. The third-order valence-electron chi connectivity index (χ3n) is 12.9. The number of carbonyl (C=O) groups excluding carboxylic acids is 4. The van der Waals surface area contributed by atoms with Crippen LogP contribution >= 0.6 is 0 Å². The number of amides is 2. The first-order chi connectivity index (χ1) is 32.3. The molecule has 336 valence electrons. The van der Waals surface area contributed by atoms with E-state index < -0.39 is 36.0 Å². The normalized spacial score (nSPS) is 17.3. The molecule has 2 unspecified atom stereocenters. The molecule has 0 saturated heterocycles. The van der Waals surface area contributed by atoms with E-state index in [0.29, 0.717) is 47.7 Å². The summed E-state index contributed by atoms with van der Waals surface area (Å²) >= 11 is 0. The van der Waals surface area contributed by atoms with Crippen LogP contribution in [0.3, 0.4) is 0 Å². The summed E-state index contributed by atoms with van der Waals surface area (Å²) in [5, 5.41) is 0. The molecule has 0 N–H and O–H groups in total. The second-order valence-electron chi connectivity index (χ2n) is 17.7. The van der Waals surface area contributed by atoms with Gasteiger partial charge in [0.1, 0.15) is 23.0 Å². The van der Waals surface area contributed by atoms with Gasteiger partial charge in [0.25, 0.3) is 0 Å². The molecule has 10 heteroatoms. The zero-order valence-corrected chi connectivity index (χ0v) is 36.9. The Morgan fingerprint density at radius 2 is 0.727 bits per heavy atom. The number of hydrogen-bond donors (Lipinski definition) is 0. The van der Waals surface area contributed by atoms with E-state index in [4.69, 9.17) is 18.9 Å². The summed E-state index contributed by atoms with van der Waals surface area (Å²) in [6.07, 6.45) is 4.79. The zero-order valence-electron chi connectivity index (χ0n) is 36.9. The van der Waals surface area contributed by atoms with Crippen LogP contribution in [0, 0.1) is 23.7 Å². The van der Waals surface area contributed by atoms with Gasteiger partial charge in [-0.1, -0.05) is 147 Å². The first kappa shape index (κ1) is 44.0. The highest BCUT2D eigenvalue weighted by molar-refractivity contribution is 5.93. The van der Waals surface area contributed by atoms with Gasteiger partial charge in [0.05, 0.1) is 23.9 Å². The van der Waals surface area contributed by atoms with Crippen molar-refractivity contribution in [1.82, 2.24) is 9.80 Å². The third kappa shape index (κ3) is 11.5. The van der Waals surface area contributed by atoms with Crippen LogP contribution in [0.25, 0.3) is 0 Å². The van der Waals surface area contributed by atoms with Crippen molar-refractivity contribution in [1.29, 1.82) is 0 Å². The van der Waals surface area contributed by atoms with Crippen LogP contribution in [0.1, 0.15) is 85.7 Å². The monoisotopic (exact) mass is 882 g/mol. The highest BCUT2D eigenvalue weighted by atomic mass is 16.6. The quantitative estimate of drug-likeness (QED) is 0.0620. The minimum Gasteiger partial charge on any atom is -0.457 e. The summed E-state index contributed by atoms with van der Waals surface area (Å²) in [6.45, 7) is 0.355. The maximum Gasteiger partial charge on any atom is 0.418 e. The lowest BCUT2D eigenvalue weighted by Gasteiger charge is -2.35. The van der Waals surface area contributed by atoms with Crippen LogP contribution in [0.5, 0.6) is 23.0 Å². The summed E-state index contributed by atoms with van der Waals surface area (Å²) in [5.41, 5.74) is 3.55. The average Bonchev–Trinajstić information content (AvgIpc) is 4.28. The van der Waals surface area contributed by atoms with E-state index in [1.54, 1.807) is 9.80 Å². The van der Waals surface area contributed by atoms with E-state index in [1.807, 2.05) is 170 Å². The summed E-state index contributed by atoms with van der Waals surface area (Å²) in [7, 11) is 0. The van der Waals surface area contributed by atoms with Crippen molar-refractivity contribution in [3.63, 3.8) is 0 Å². The van der Waals surface area contributed by atoms with Crippen LogP contribution in [-0.4, -0.2) is 33.9 Å². The number of benzene rings is 6. The molecule has 0 heterocycles. The van der Waals surface area contributed by atoms with Gasteiger partial charge in [-0.15, -0.1) is 0 Å². The van der Waals surface area contributed by atoms with E-state index in [-0.39, 0.29) is 25.2 Å². The number of rotatable bonds is 18. The fourth-order valence-electron chi connectivity index (χ4n) is 8.65. The minimum atomic E-state index is -0.939. The van der Waals surface area contributed by atoms with Crippen molar-refractivity contribution in [2.45, 2.75) is 76.5 Å². The third-order valence-corrected chi connectivity index (χ3v) is 12.9. The molecule has 10 nitrogen and oxygen atoms in total. The maximum atomic E-state index is 14.3. The van der Waals surface area contributed by atoms with Crippen LogP contribution in [0.4, 0.5) is 9.59 Å². The second-order valence-corrected chi connectivity index (χ2v) is 17.7. The van der Waals surface area contributed by atoms with E-state index in [2.05, 4.69) is 0 Å². The second kappa shape index (κ2) is 20.7. The topological polar surface area (TPSA) is 112 Å². The largest absolute Gasteiger partial charge is 0.457 e. The predicted octanol–water partition coefficient (Wildman–Crippen LogP) is 13.0.